The summed E-state index contributed by atoms with van der Waals surface area (Å²) in [5, 5.41) is 1.91. The van der Waals surface area contributed by atoms with Crippen molar-refractivity contribution in [3.05, 3.63) is 29.8 Å². The summed E-state index contributed by atoms with van der Waals surface area (Å²) in [6.07, 6.45) is -0.889. The first-order chi connectivity index (χ1) is 8.40. The molecule has 3 N–H and O–H groups in total. The fourth-order valence-electron chi connectivity index (χ4n) is 1.27. The van der Waals surface area contributed by atoms with Crippen LogP contribution in [-0.4, -0.2) is 23.8 Å². The van der Waals surface area contributed by atoms with E-state index in [1.54, 1.807) is 18.2 Å². The predicted molar refractivity (Wildman–Crippen MR) is 64.3 cm³/mol. The van der Waals surface area contributed by atoms with E-state index in [4.69, 9.17) is 10.5 Å². The maximum absolute atomic E-state index is 11.4. The number of amides is 3. The fourth-order valence-corrected chi connectivity index (χ4v) is 1.27. The van der Waals surface area contributed by atoms with Crippen LogP contribution in [0.25, 0.3) is 0 Å². The molecule has 0 aliphatic rings. The molecule has 0 saturated carbocycles. The lowest BCUT2D eigenvalue weighted by Crippen LogP contribution is -2.42. The number of carbonyl (C=O) groups excluding carboxylic acids is 3. The zero-order valence-corrected chi connectivity index (χ0v) is 10.1. The molecule has 1 aromatic carbocycles. The van der Waals surface area contributed by atoms with Crippen LogP contribution in [0.5, 0.6) is 5.75 Å². The lowest BCUT2D eigenvalue weighted by molar-refractivity contribution is -0.126. The molecule has 0 aliphatic carbocycles. The minimum absolute atomic E-state index is 0.102. The highest BCUT2D eigenvalue weighted by Crippen LogP contribution is 2.15. The van der Waals surface area contributed by atoms with Gasteiger partial charge < -0.3 is 10.5 Å². The number of nitrogens with one attached hydrogen (secondary N) is 1. The molecule has 0 bridgehead atoms. The summed E-state index contributed by atoms with van der Waals surface area (Å²) < 4.78 is 5.30. The van der Waals surface area contributed by atoms with E-state index in [1.165, 1.54) is 19.9 Å². The number of ether oxygens (including phenoxy) is 1. The zero-order chi connectivity index (χ0) is 13.7. The van der Waals surface area contributed by atoms with Gasteiger partial charge in [-0.25, -0.2) is 4.79 Å². The summed E-state index contributed by atoms with van der Waals surface area (Å²) in [5.41, 5.74) is 5.30. The van der Waals surface area contributed by atoms with Gasteiger partial charge in [-0.15, -0.1) is 0 Å². The van der Waals surface area contributed by atoms with Crippen molar-refractivity contribution >= 4 is 17.7 Å². The van der Waals surface area contributed by atoms with Gasteiger partial charge >= 0.3 is 6.03 Å². The van der Waals surface area contributed by atoms with E-state index >= 15 is 0 Å². The normalized spacial score (nSPS) is 11.4. The first-order valence-electron chi connectivity index (χ1n) is 5.28. The number of hydrogen-bond donors (Lipinski definition) is 2. The van der Waals surface area contributed by atoms with E-state index in [0.717, 1.165) is 0 Å². The Hall–Kier alpha value is -2.37. The van der Waals surface area contributed by atoms with Crippen molar-refractivity contribution in [2.24, 2.45) is 5.73 Å². The van der Waals surface area contributed by atoms with Crippen molar-refractivity contribution in [3.63, 3.8) is 0 Å². The Morgan fingerprint density at radius 2 is 2.00 bits per heavy atom. The largest absolute Gasteiger partial charge is 0.481 e. The Morgan fingerprint density at radius 3 is 2.56 bits per heavy atom. The molecular formula is C12H14N2O4. The average molecular weight is 250 g/mol. The van der Waals surface area contributed by atoms with E-state index in [9.17, 15) is 14.4 Å². The Bertz CT molecular complexity index is 485. The highest BCUT2D eigenvalue weighted by Gasteiger charge is 2.16. The molecule has 0 spiro atoms. The number of carbonyl (C=O) groups is 3. The topological polar surface area (TPSA) is 98.5 Å². The second kappa shape index (κ2) is 5.81. The van der Waals surface area contributed by atoms with Crippen LogP contribution < -0.4 is 15.8 Å². The Morgan fingerprint density at radius 1 is 1.33 bits per heavy atom. The Kier molecular flexibility index (Phi) is 4.42. The molecule has 6 nitrogen and oxygen atoms in total. The monoisotopic (exact) mass is 250 g/mol. The smallest absolute Gasteiger partial charge is 0.318 e. The number of urea groups is 1. The molecule has 0 fully saturated rings. The zero-order valence-electron chi connectivity index (χ0n) is 10.1. The molecule has 0 saturated heterocycles. The van der Waals surface area contributed by atoms with E-state index in [-0.39, 0.29) is 5.78 Å². The molecule has 0 aromatic heterocycles. The van der Waals surface area contributed by atoms with Gasteiger partial charge in [0.25, 0.3) is 5.91 Å². The number of benzene rings is 1. The molecule has 1 atom stereocenters. The lowest BCUT2D eigenvalue weighted by Gasteiger charge is -2.13. The number of nitrogens with two attached hydrogens (primary N) is 1. The second-order valence-electron chi connectivity index (χ2n) is 3.70. The molecule has 0 unspecified atom stereocenters. The maximum atomic E-state index is 11.4. The summed E-state index contributed by atoms with van der Waals surface area (Å²) in [7, 11) is 0. The third-order valence-electron chi connectivity index (χ3n) is 2.17. The first kappa shape index (κ1) is 13.7. The van der Waals surface area contributed by atoms with Crippen molar-refractivity contribution in [1.29, 1.82) is 0 Å². The third kappa shape index (κ3) is 3.89. The number of ketones is 1. The molecule has 3 amide bonds. The van der Waals surface area contributed by atoms with Gasteiger partial charge in [0.05, 0.1) is 0 Å². The number of primary amides is 1. The number of Topliss-reactive ketones (excluding diaryl/α,β-unsaturated/α-hetero) is 1. The van der Waals surface area contributed by atoms with Crippen molar-refractivity contribution in [2.75, 3.05) is 0 Å². The second-order valence-corrected chi connectivity index (χ2v) is 3.70. The molecule has 0 radical (unpaired) electrons. The summed E-state index contributed by atoms with van der Waals surface area (Å²) in [6.45, 7) is 2.90. The predicted octanol–water partition coefficient (Wildman–Crippen LogP) is 0.851. The molecule has 1 aromatic rings. The van der Waals surface area contributed by atoms with Crippen LogP contribution >= 0.6 is 0 Å². The highest BCUT2D eigenvalue weighted by atomic mass is 16.5. The Labute approximate surface area is 104 Å². The number of hydrogen-bond acceptors (Lipinski definition) is 4. The summed E-state index contributed by atoms with van der Waals surface area (Å²) in [4.78, 5) is 33.0. The first-order valence-corrected chi connectivity index (χ1v) is 5.28. The maximum Gasteiger partial charge on any atom is 0.318 e. The lowest BCUT2D eigenvalue weighted by atomic mass is 10.1. The number of rotatable bonds is 4. The van der Waals surface area contributed by atoms with Gasteiger partial charge in [0.1, 0.15) is 5.75 Å². The van der Waals surface area contributed by atoms with E-state index in [2.05, 4.69) is 0 Å². The van der Waals surface area contributed by atoms with Crippen molar-refractivity contribution < 1.29 is 19.1 Å². The van der Waals surface area contributed by atoms with Crippen LogP contribution in [0.2, 0.25) is 0 Å². The molecule has 18 heavy (non-hydrogen) atoms. The van der Waals surface area contributed by atoms with Gasteiger partial charge in [-0.05, 0) is 26.0 Å². The van der Waals surface area contributed by atoms with Gasteiger partial charge in [-0.1, -0.05) is 12.1 Å². The summed E-state index contributed by atoms with van der Waals surface area (Å²) >= 11 is 0. The van der Waals surface area contributed by atoms with E-state index in [1.807, 2.05) is 5.32 Å². The van der Waals surface area contributed by atoms with Crippen LogP contribution in [0.15, 0.2) is 24.3 Å². The van der Waals surface area contributed by atoms with Crippen molar-refractivity contribution in [3.8, 4) is 5.75 Å². The molecule has 1 rings (SSSR count). The van der Waals surface area contributed by atoms with Gasteiger partial charge in [0.15, 0.2) is 11.9 Å². The molecule has 0 heterocycles. The fraction of sp³-hybridized carbons (Fsp3) is 0.250. The minimum Gasteiger partial charge on any atom is -0.481 e. The summed E-state index contributed by atoms with van der Waals surface area (Å²) in [6, 6.07) is 5.48. The van der Waals surface area contributed by atoms with Crippen LogP contribution in [0.3, 0.4) is 0 Å². The van der Waals surface area contributed by atoms with E-state index < -0.39 is 18.0 Å². The van der Waals surface area contributed by atoms with Gasteiger partial charge in [-0.3, -0.25) is 14.9 Å². The average Bonchev–Trinajstić information content (AvgIpc) is 2.28. The molecule has 96 valence electrons. The SMILES string of the molecule is CC(=O)c1cccc(O[C@@H](C)C(=O)NC(N)=O)c1. The van der Waals surface area contributed by atoms with Crippen molar-refractivity contribution in [2.45, 2.75) is 20.0 Å². The minimum atomic E-state index is -0.937. The van der Waals surface area contributed by atoms with Crippen LogP contribution in [0.4, 0.5) is 4.79 Å². The van der Waals surface area contributed by atoms with Crippen LogP contribution in [0, 0.1) is 0 Å². The molecule has 0 aliphatic heterocycles. The van der Waals surface area contributed by atoms with Crippen LogP contribution in [-0.2, 0) is 4.79 Å². The molecular weight excluding hydrogens is 236 g/mol. The van der Waals surface area contributed by atoms with Gasteiger partial charge in [0.2, 0.25) is 0 Å². The quantitative estimate of drug-likeness (QED) is 0.774. The van der Waals surface area contributed by atoms with Crippen molar-refractivity contribution in [1.82, 2.24) is 5.32 Å². The standard InChI is InChI=1S/C12H14N2O4/c1-7(15)9-4-3-5-10(6-9)18-8(2)11(16)14-12(13)17/h3-6,8H,1-2H3,(H3,13,14,16,17)/t8-/m0/s1. The summed E-state index contributed by atoms with van der Waals surface area (Å²) in [5.74, 6) is -0.375. The third-order valence-corrected chi connectivity index (χ3v) is 2.17. The highest BCUT2D eigenvalue weighted by molar-refractivity contribution is 5.96. The Balaban J connectivity index is 2.72. The van der Waals surface area contributed by atoms with E-state index in [0.29, 0.717) is 11.3 Å². The molecule has 6 heteroatoms. The van der Waals surface area contributed by atoms with Crippen LogP contribution in [0.1, 0.15) is 24.2 Å². The number of imide groups is 1. The van der Waals surface area contributed by atoms with Gasteiger partial charge in [0, 0.05) is 5.56 Å². The van der Waals surface area contributed by atoms with Gasteiger partial charge in [-0.2, -0.15) is 0 Å².